The second kappa shape index (κ2) is 7.05. The summed E-state index contributed by atoms with van der Waals surface area (Å²) >= 11 is 6.13. The number of hydrogen-bond acceptors (Lipinski definition) is 5. The van der Waals surface area contributed by atoms with Crippen LogP contribution in [0.15, 0.2) is 30.6 Å². The smallest absolute Gasteiger partial charge is 0.224 e. The molecule has 0 aliphatic rings. The molecule has 1 unspecified atom stereocenters. The Morgan fingerprint density at radius 1 is 1.30 bits per heavy atom. The molecule has 0 amide bonds. The Hall–Kier alpha value is -1.88. The van der Waals surface area contributed by atoms with Gasteiger partial charge in [0.05, 0.1) is 17.9 Å². The van der Waals surface area contributed by atoms with Gasteiger partial charge in [0.1, 0.15) is 5.02 Å². The van der Waals surface area contributed by atoms with E-state index in [2.05, 4.69) is 32.5 Å². The molecule has 0 bridgehead atoms. The van der Waals surface area contributed by atoms with E-state index < -0.39 is 0 Å². The van der Waals surface area contributed by atoms with Gasteiger partial charge in [0.15, 0.2) is 5.82 Å². The van der Waals surface area contributed by atoms with Crippen LogP contribution in [0.4, 0.5) is 11.8 Å². The highest BCUT2D eigenvalue weighted by molar-refractivity contribution is 6.32. The molecule has 20 heavy (non-hydrogen) atoms. The molecule has 6 heteroatoms. The SMILES string of the molecule is CCCNc1ncc(Cl)c(NC(C)c2ccccn2)n1. The first kappa shape index (κ1) is 14.5. The predicted octanol–water partition coefficient (Wildman–Crippen LogP) is 3.52. The van der Waals surface area contributed by atoms with Crippen LogP contribution < -0.4 is 10.6 Å². The predicted molar refractivity (Wildman–Crippen MR) is 82.1 cm³/mol. The summed E-state index contributed by atoms with van der Waals surface area (Å²) in [6.45, 7) is 4.93. The summed E-state index contributed by atoms with van der Waals surface area (Å²) < 4.78 is 0. The molecular formula is C14H18ClN5. The molecule has 0 saturated carbocycles. The van der Waals surface area contributed by atoms with Gasteiger partial charge in [-0.2, -0.15) is 4.98 Å². The van der Waals surface area contributed by atoms with Crippen LogP contribution in [0.25, 0.3) is 0 Å². The van der Waals surface area contributed by atoms with E-state index in [1.807, 2.05) is 25.1 Å². The maximum atomic E-state index is 6.13. The van der Waals surface area contributed by atoms with Gasteiger partial charge in [-0.3, -0.25) is 4.98 Å². The summed E-state index contributed by atoms with van der Waals surface area (Å²) in [5, 5.41) is 6.89. The van der Waals surface area contributed by atoms with Crippen LogP contribution in [0.5, 0.6) is 0 Å². The third-order valence-electron chi connectivity index (χ3n) is 2.76. The van der Waals surface area contributed by atoms with Crippen molar-refractivity contribution in [3.05, 3.63) is 41.3 Å². The first-order valence-electron chi connectivity index (χ1n) is 6.64. The van der Waals surface area contributed by atoms with Crippen LogP contribution in [-0.4, -0.2) is 21.5 Å². The van der Waals surface area contributed by atoms with Gasteiger partial charge >= 0.3 is 0 Å². The quantitative estimate of drug-likeness (QED) is 0.852. The minimum absolute atomic E-state index is 0.0163. The molecule has 2 aromatic rings. The number of hydrogen-bond donors (Lipinski definition) is 2. The Morgan fingerprint density at radius 3 is 2.85 bits per heavy atom. The van der Waals surface area contributed by atoms with E-state index in [1.54, 1.807) is 12.4 Å². The van der Waals surface area contributed by atoms with E-state index >= 15 is 0 Å². The number of rotatable bonds is 6. The molecule has 5 nitrogen and oxygen atoms in total. The highest BCUT2D eigenvalue weighted by Gasteiger charge is 2.11. The van der Waals surface area contributed by atoms with Crippen molar-refractivity contribution in [2.24, 2.45) is 0 Å². The molecular weight excluding hydrogens is 274 g/mol. The van der Waals surface area contributed by atoms with Crippen molar-refractivity contribution in [2.75, 3.05) is 17.2 Å². The zero-order valence-electron chi connectivity index (χ0n) is 11.6. The number of nitrogens with one attached hydrogen (secondary N) is 2. The lowest BCUT2D eigenvalue weighted by Crippen LogP contribution is -2.12. The van der Waals surface area contributed by atoms with Gasteiger partial charge in [0.25, 0.3) is 0 Å². The maximum absolute atomic E-state index is 6.13. The van der Waals surface area contributed by atoms with Gasteiger partial charge in [-0.15, -0.1) is 0 Å². The topological polar surface area (TPSA) is 62.7 Å². The van der Waals surface area contributed by atoms with Gasteiger partial charge < -0.3 is 10.6 Å². The van der Waals surface area contributed by atoms with E-state index in [1.165, 1.54) is 0 Å². The lowest BCUT2D eigenvalue weighted by atomic mass is 10.2. The molecule has 0 aliphatic carbocycles. The molecule has 2 heterocycles. The number of nitrogens with zero attached hydrogens (tertiary/aromatic N) is 3. The Bertz CT molecular complexity index is 547. The molecule has 0 aromatic carbocycles. The second-order valence-electron chi connectivity index (χ2n) is 4.44. The van der Waals surface area contributed by atoms with Crippen molar-refractivity contribution >= 4 is 23.4 Å². The molecule has 0 spiro atoms. The van der Waals surface area contributed by atoms with Crippen molar-refractivity contribution in [1.82, 2.24) is 15.0 Å². The van der Waals surface area contributed by atoms with Crippen LogP contribution in [0.2, 0.25) is 5.02 Å². The summed E-state index contributed by atoms with van der Waals surface area (Å²) in [5.41, 5.74) is 0.935. The number of anilines is 2. The normalized spacial score (nSPS) is 11.9. The third kappa shape index (κ3) is 3.81. The first-order chi connectivity index (χ1) is 9.70. The van der Waals surface area contributed by atoms with Gasteiger partial charge in [-0.25, -0.2) is 4.98 Å². The van der Waals surface area contributed by atoms with Gasteiger partial charge in [0.2, 0.25) is 5.95 Å². The Morgan fingerprint density at radius 2 is 2.15 bits per heavy atom. The Labute approximate surface area is 123 Å². The molecule has 2 rings (SSSR count). The fourth-order valence-electron chi connectivity index (χ4n) is 1.70. The van der Waals surface area contributed by atoms with Crippen molar-refractivity contribution in [3.8, 4) is 0 Å². The molecule has 106 valence electrons. The maximum Gasteiger partial charge on any atom is 0.224 e. The standard InChI is InChI=1S/C14H18ClN5/c1-3-7-17-14-18-9-11(15)13(20-14)19-10(2)12-6-4-5-8-16-12/h4-6,8-10H,3,7H2,1-2H3,(H2,17,18,19,20). The fourth-order valence-corrected chi connectivity index (χ4v) is 1.85. The van der Waals surface area contributed by atoms with Crippen LogP contribution in [-0.2, 0) is 0 Å². The number of aromatic nitrogens is 3. The lowest BCUT2D eigenvalue weighted by molar-refractivity contribution is 0.829. The summed E-state index contributed by atoms with van der Waals surface area (Å²) in [6, 6.07) is 5.82. The summed E-state index contributed by atoms with van der Waals surface area (Å²) in [6.07, 6.45) is 4.38. The average Bonchev–Trinajstić information content (AvgIpc) is 2.49. The highest BCUT2D eigenvalue weighted by Crippen LogP contribution is 2.23. The third-order valence-corrected chi connectivity index (χ3v) is 3.04. The molecule has 2 aromatic heterocycles. The van der Waals surface area contributed by atoms with Gasteiger partial charge in [0, 0.05) is 12.7 Å². The van der Waals surface area contributed by atoms with Gasteiger partial charge in [-0.05, 0) is 25.5 Å². The largest absolute Gasteiger partial charge is 0.361 e. The zero-order chi connectivity index (χ0) is 14.4. The highest BCUT2D eigenvalue weighted by atomic mass is 35.5. The molecule has 0 aliphatic heterocycles. The monoisotopic (exact) mass is 291 g/mol. The van der Waals surface area contributed by atoms with Crippen LogP contribution in [0, 0.1) is 0 Å². The Kier molecular flexibility index (Phi) is 5.12. The van der Waals surface area contributed by atoms with E-state index in [9.17, 15) is 0 Å². The average molecular weight is 292 g/mol. The molecule has 1 atom stereocenters. The zero-order valence-corrected chi connectivity index (χ0v) is 12.4. The summed E-state index contributed by atoms with van der Waals surface area (Å²) in [5.74, 6) is 1.19. The van der Waals surface area contributed by atoms with E-state index in [0.29, 0.717) is 16.8 Å². The molecule has 2 N–H and O–H groups in total. The van der Waals surface area contributed by atoms with Crippen molar-refractivity contribution in [1.29, 1.82) is 0 Å². The fraction of sp³-hybridized carbons (Fsp3) is 0.357. The molecule has 0 fully saturated rings. The van der Waals surface area contributed by atoms with Crippen LogP contribution in [0.3, 0.4) is 0 Å². The van der Waals surface area contributed by atoms with Crippen molar-refractivity contribution in [3.63, 3.8) is 0 Å². The van der Waals surface area contributed by atoms with E-state index in [4.69, 9.17) is 11.6 Å². The number of pyridine rings is 1. The number of halogens is 1. The van der Waals surface area contributed by atoms with E-state index in [0.717, 1.165) is 18.7 Å². The van der Waals surface area contributed by atoms with Crippen molar-refractivity contribution < 1.29 is 0 Å². The summed E-state index contributed by atoms with van der Waals surface area (Å²) in [4.78, 5) is 12.8. The molecule has 0 radical (unpaired) electrons. The van der Waals surface area contributed by atoms with Crippen LogP contribution in [0.1, 0.15) is 32.0 Å². The first-order valence-corrected chi connectivity index (χ1v) is 7.02. The second-order valence-corrected chi connectivity index (χ2v) is 4.84. The lowest BCUT2D eigenvalue weighted by Gasteiger charge is -2.15. The Balaban J connectivity index is 2.11. The van der Waals surface area contributed by atoms with E-state index in [-0.39, 0.29) is 6.04 Å². The van der Waals surface area contributed by atoms with Gasteiger partial charge in [-0.1, -0.05) is 24.6 Å². The summed E-state index contributed by atoms with van der Waals surface area (Å²) in [7, 11) is 0. The molecule has 0 saturated heterocycles. The minimum atomic E-state index is 0.0163. The minimum Gasteiger partial charge on any atom is -0.361 e. The van der Waals surface area contributed by atoms with Crippen molar-refractivity contribution in [2.45, 2.75) is 26.3 Å². The van der Waals surface area contributed by atoms with Crippen LogP contribution >= 0.6 is 11.6 Å².